The van der Waals surface area contributed by atoms with E-state index in [9.17, 15) is 0 Å². The summed E-state index contributed by atoms with van der Waals surface area (Å²) in [6.45, 7) is 2.29. The topological polar surface area (TPSA) is 105 Å². The lowest BCUT2D eigenvalue weighted by Crippen LogP contribution is -1.98. The second-order valence-corrected chi connectivity index (χ2v) is 3.05. The van der Waals surface area contributed by atoms with Crippen molar-refractivity contribution in [1.82, 2.24) is 0 Å². The largest absolute Gasteiger partial charge is 0.492 e. The molecule has 1 rings (SSSR count). The van der Waals surface area contributed by atoms with Crippen molar-refractivity contribution in [1.29, 1.82) is 15.8 Å². The van der Waals surface area contributed by atoms with Crippen molar-refractivity contribution in [2.24, 2.45) is 5.10 Å². The lowest BCUT2D eigenvalue weighted by molar-refractivity contribution is 0.339. The third-order valence-electron chi connectivity index (χ3n) is 1.91. The van der Waals surface area contributed by atoms with Crippen LogP contribution in [0.15, 0.2) is 23.3 Å². The molecule has 0 aromatic heterocycles. The SMILES string of the molecule is CCOc1ccc(NN=C(C#N)C#N)cc1C#N. The molecule has 0 radical (unpaired) electrons. The highest BCUT2D eigenvalue weighted by Crippen LogP contribution is 2.22. The summed E-state index contributed by atoms with van der Waals surface area (Å²) in [5.41, 5.74) is 3.09. The fourth-order valence-electron chi connectivity index (χ4n) is 1.16. The van der Waals surface area contributed by atoms with Crippen molar-refractivity contribution in [2.45, 2.75) is 6.92 Å². The van der Waals surface area contributed by atoms with Gasteiger partial charge in [0.1, 0.15) is 24.0 Å². The first kappa shape index (κ1) is 13.0. The summed E-state index contributed by atoms with van der Waals surface area (Å²) >= 11 is 0. The van der Waals surface area contributed by atoms with Gasteiger partial charge in [-0.2, -0.15) is 20.9 Å². The molecule has 0 aliphatic rings. The van der Waals surface area contributed by atoms with Gasteiger partial charge in [0.05, 0.1) is 17.9 Å². The number of nitriles is 3. The number of hydrogen-bond donors (Lipinski definition) is 1. The summed E-state index contributed by atoms with van der Waals surface area (Å²) in [7, 11) is 0. The summed E-state index contributed by atoms with van der Waals surface area (Å²) in [6, 6.07) is 10.0. The predicted octanol–water partition coefficient (Wildman–Crippen LogP) is 1.77. The van der Waals surface area contributed by atoms with E-state index in [1.54, 1.807) is 24.3 Å². The molecule has 18 heavy (non-hydrogen) atoms. The lowest BCUT2D eigenvalue weighted by Gasteiger charge is -2.06. The van der Waals surface area contributed by atoms with E-state index in [-0.39, 0.29) is 5.71 Å². The Bertz CT molecular complexity index is 570. The molecular formula is C12H9N5O. The van der Waals surface area contributed by atoms with Crippen LogP contribution in [-0.2, 0) is 0 Å². The third kappa shape index (κ3) is 3.23. The van der Waals surface area contributed by atoms with Gasteiger partial charge in [-0.3, -0.25) is 5.43 Å². The van der Waals surface area contributed by atoms with Gasteiger partial charge in [-0.1, -0.05) is 0 Å². The monoisotopic (exact) mass is 239 g/mol. The normalized spacial score (nSPS) is 8.33. The Morgan fingerprint density at radius 2 is 2.06 bits per heavy atom. The van der Waals surface area contributed by atoms with Crippen LogP contribution in [0.5, 0.6) is 5.75 Å². The first-order valence-electron chi connectivity index (χ1n) is 5.06. The Labute approximate surface area is 104 Å². The van der Waals surface area contributed by atoms with Crippen LogP contribution in [0.2, 0.25) is 0 Å². The molecule has 6 heteroatoms. The summed E-state index contributed by atoms with van der Waals surface area (Å²) in [5, 5.41) is 29.5. The van der Waals surface area contributed by atoms with Crippen LogP contribution in [-0.4, -0.2) is 12.3 Å². The molecule has 0 amide bonds. The van der Waals surface area contributed by atoms with Crippen LogP contribution in [0.25, 0.3) is 0 Å². The van der Waals surface area contributed by atoms with Crippen molar-refractivity contribution in [3.05, 3.63) is 23.8 Å². The third-order valence-corrected chi connectivity index (χ3v) is 1.91. The number of hydrazone groups is 1. The van der Waals surface area contributed by atoms with Gasteiger partial charge < -0.3 is 4.74 Å². The Morgan fingerprint density at radius 1 is 1.33 bits per heavy atom. The molecule has 0 atom stereocenters. The minimum Gasteiger partial charge on any atom is -0.492 e. The Kier molecular flexibility index (Phi) is 4.72. The molecule has 0 aliphatic heterocycles. The second-order valence-electron chi connectivity index (χ2n) is 3.05. The van der Waals surface area contributed by atoms with Crippen LogP contribution in [0, 0.1) is 34.0 Å². The average Bonchev–Trinajstić information content (AvgIpc) is 2.41. The van der Waals surface area contributed by atoms with Gasteiger partial charge in [-0.15, -0.1) is 0 Å². The van der Waals surface area contributed by atoms with Gasteiger partial charge in [0.2, 0.25) is 5.71 Å². The Balaban J connectivity index is 2.95. The molecule has 0 spiro atoms. The van der Waals surface area contributed by atoms with Crippen molar-refractivity contribution in [2.75, 3.05) is 12.0 Å². The summed E-state index contributed by atoms with van der Waals surface area (Å²) < 4.78 is 5.26. The fourth-order valence-corrected chi connectivity index (χ4v) is 1.16. The van der Waals surface area contributed by atoms with Gasteiger partial charge in [-0.25, -0.2) is 0 Å². The molecule has 0 heterocycles. The highest BCUT2D eigenvalue weighted by atomic mass is 16.5. The molecule has 0 fully saturated rings. The van der Waals surface area contributed by atoms with Gasteiger partial charge in [0, 0.05) is 0 Å². The average molecular weight is 239 g/mol. The summed E-state index contributed by atoms with van der Waals surface area (Å²) in [4.78, 5) is 0. The van der Waals surface area contributed by atoms with E-state index in [0.29, 0.717) is 23.6 Å². The number of rotatable bonds is 4. The minimum absolute atomic E-state index is 0.289. The summed E-state index contributed by atoms with van der Waals surface area (Å²) in [5.74, 6) is 0.482. The molecule has 0 saturated carbocycles. The molecular weight excluding hydrogens is 230 g/mol. The predicted molar refractivity (Wildman–Crippen MR) is 64.6 cm³/mol. The lowest BCUT2D eigenvalue weighted by atomic mass is 10.2. The highest BCUT2D eigenvalue weighted by Gasteiger charge is 2.04. The van der Waals surface area contributed by atoms with E-state index in [2.05, 4.69) is 10.5 Å². The number of nitrogens with zero attached hydrogens (tertiary/aromatic N) is 4. The molecule has 0 aliphatic carbocycles. The molecule has 1 N–H and O–H groups in total. The van der Waals surface area contributed by atoms with Gasteiger partial charge in [0.25, 0.3) is 0 Å². The molecule has 0 bridgehead atoms. The fraction of sp³-hybridized carbons (Fsp3) is 0.167. The number of ether oxygens (including phenoxy) is 1. The molecule has 0 saturated heterocycles. The van der Waals surface area contributed by atoms with E-state index in [1.165, 1.54) is 6.07 Å². The number of hydrogen-bond acceptors (Lipinski definition) is 6. The van der Waals surface area contributed by atoms with E-state index in [0.717, 1.165) is 0 Å². The van der Waals surface area contributed by atoms with E-state index < -0.39 is 0 Å². The van der Waals surface area contributed by atoms with Crippen molar-refractivity contribution in [3.63, 3.8) is 0 Å². The molecule has 0 unspecified atom stereocenters. The Hall–Kier alpha value is -3.04. The maximum Gasteiger partial charge on any atom is 0.237 e. The molecule has 6 nitrogen and oxygen atoms in total. The quantitative estimate of drug-likeness (QED) is 0.636. The zero-order valence-corrected chi connectivity index (χ0v) is 9.64. The van der Waals surface area contributed by atoms with E-state index >= 15 is 0 Å². The number of anilines is 1. The number of benzene rings is 1. The molecule has 88 valence electrons. The highest BCUT2D eigenvalue weighted by molar-refractivity contribution is 6.10. The van der Waals surface area contributed by atoms with E-state index in [4.69, 9.17) is 20.5 Å². The van der Waals surface area contributed by atoms with Crippen molar-refractivity contribution < 1.29 is 4.74 Å². The van der Waals surface area contributed by atoms with Crippen LogP contribution < -0.4 is 10.2 Å². The van der Waals surface area contributed by atoms with Crippen molar-refractivity contribution >= 4 is 11.4 Å². The zero-order chi connectivity index (χ0) is 13.4. The van der Waals surface area contributed by atoms with Gasteiger partial charge in [0.15, 0.2) is 0 Å². The molecule has 1 aromatic carbocycles. The second kappa shape index (κ2) is 6.52. The zero-order valence-electron chi connectivity index (χ0n) is 9.64. The van der Waals surface area contributed by atoms with Crippen molar-refractivity contribution in [3.8, 4) is 24.0 Å². The maximum atomic E-state index is 8.94. The van der Waals surface area contributed by atoms with Crippen LogP contribution in [0.1, 0.15) is 12.5 Å². The van der Waals surface area contributed by atoms with Crippen LogP contribution in [0.4, 0.5) is 5.69 Å². The van der Waals surface area contributed by atoms with Crippen LogP contribution in [0.3, 0.4) is 0 Å². The van der Waals surface area contributed by atoms with E-state index in [1.807, 2.05) is 13.0 Å². The summed E-state index contributed by atoms with van der Waals surface area (Å²) in [6.07, 6.45) is 0. The standard InChI is InChI=1S/C12H9N5O/c1-2-18-12-4-3-10(5-9(12)6-13)16-17-11(7-14)8-15/h3-5,16H,2H2,1H3. The minimum atomic E-state index is -0.289. The smallest absolute Gasteiger partial charge is 0.237 e. The first-order valence-corrected chi connectivity index (χ1v) is 5.06. The van der Waals surface area contributed by atoms with Crippen LogP contribution >= 0.6 is 0 Å². The molecule has 1 aromatic rings. The first-order chi connectivity index (χ1) is 8.74. The van der Waals surface area contributed by atoms with Gasteiger partial charge >= 0.3 is 0 Å². The number of nitrogens with one attached hydrogen (secondary N) is 1. The van der Waals surface area contributed by atoms with Gasteiger partial charge in [-0.05, 0) is 25.1 Å². The maximum absolute atomic E-state index is 8.94. The Morgan fingerprint density at radius 3 is 2.61 bits per heavy atom.